The molecule has 2 unspecified atom stereocenters. The van der Waals surface area contributed by atoms with Crippen molar-refractivity contribution >= 4 is 21.9 Å². The molecular formula is C11H14BrNO2. The fourth-order valence-electron chi connectivity index (χ4n) is 2.14. The van der Waals surface area contributed by atoms with Crippen molar-refractivity contribution in [1.29, 1.82) is 0 Å². The standard InChI is InChI=1S/C11H14BrNO2/c1-2-3-7-4-9(7)13-6-8(12)5-10(13)11(14)15/h5-7,9H,2-4H2,1H3,(H,14,15). The Kier molecular flexibility index (Phi) is 2.87. The first kappa shape index (κ1) is 10.7. The van der Waals surface area contributed by atoms with Gasteiger partial charge in [0.15, 0.2) is 0 Å². The van der Waals surface area contributed by atoms with E-state index in [1.165, 1.54) is 12.8 Å². The summed E-state index contributed by atoms with van der Waals surface area (Å²) in [6.07, 6.45) is 5.37. The van der Waals surface area contributed by atoms with Crippen LogP contribution in [0.5, 0.6) is 0 Å². The number of aromatic nitrogens is 1. The lowest BCUT2D eigenvalue weighted by Gasteiger charge is -2.04. The SMILES string of the molecule is CCCC1CC1n1cc(Br)cc1C(=O)O. The number of hydrogen-bond donors (Lipinski definition) is 1. The van der Waals surface area contributed by atoms with Crippen LogP contribution in [0, 0.1) is 5.92 Å². The fourth-order valence-corrected chi connectivity index (χ4v) is 2.58. The predicted molar refractivity (Wildman–Crippen MR) is 61.1 cm³/mol. The van der Waals surface area contributed by atoms with Crippen LogP contribution in [-0.4, -0.2) is 15.6 Å². The fraction of sp³-hybridized carbons (Fsp3) is 0.545. The van der Waals surface area contributed by atoms with Crippen molar-refractivity contribution in [2.24, 2.45) is 5.92 Å². The van der Waals surface area contributed by atoms with Gasteiger partial charge in [0.2, 0.25) is 0 Å². The molecule has 0 bridgehead atoms. The molecule has 1 saturated carbocycles. The molecule has 0 aromatic carbocycles. The van der Waals surface area contributed by atoms with Crippen LogP contribution in [0.1, 0.15) is 42.7 Å². The summed E-state index contributed by atoms with van der Waals surface area (Å²) < 4.78 is 2.74. The van der Waals surface area contributed by atoms with Crippen molar-refractivity contribution in [2.45, 2.75) is 32.2 Å². The molecule has 1 heterocycles. The number of carbonyl (C=O) groups is 1. The van der Waals surface area contributed by atoms with Gasteiger partial charge < -0.3 is 9.67 Å². The Balaban J connectivity index is 2.18. The van der Waals surface area contributed by atoms with Crippen molar-refractivity contribution in [3.8, 4) is 0 Å². The number of carboxylic acids is 1. The predicted octanol–water partition coefficient (Wildman–Crippen LogP) is 3.31. The maximum absolute atomic E-state index is 11.0. The minimum Gasteiger partial charge on any atom is -0.477 e. The van der Waals surface area contributed by atoms with Gasteiger partial charge in [-0.3, -0.25) is 0 Å². The third-order valence-electron chi connectivity index (χ3n) is 2.94. The summed E-state index contributed by atoms with van der Waals surface area (Å²) in [5.41, 5.74) is 0.394. The van der Waals surface area contributed by atoms with E-state index in [0.29, 0.717) is 17.7 Å². The van der Waals surface area contributed by atoms with E-state index in [1.54, 1.807) is 6.07 Å². The summed E-state index contributed by atoms with van der Waals surface area (Å²) >= 11 is 3.32. The highest BCUT2D eigenvalue weighted by Crippen LogP contribution is 2.47. The topological polar surface area (TPSA) is 42.2 Å². The highest BCUT2D eigenvalue weighted by Gasteiger charge is 2.39. The summed E-state index contributed by atoms with van der Waals surface area (Å²) in [5, 5.41) is 9.03. The van der Waals surface area contributed by atoms with Crippen LogP contribution in [0.3, 0.4) is 0 Å². The number of halogens is 1. The lowest BCUT2D eigenvalue weighted by molar-refractivity contribution is 0.0684. The van der Waals surface area contributed by atoms with Gasteiger partial charge in [-0.2, -0.15) is 0 Å². The van der Waals surface area contributed by atoms with Gasteiger partial charge in [0.05, 0.1) is 0 Å². The number of hydrogen-bond acceptors (Lipinski definition) is 1. The van der Waals surface area contributed by atoms with Crippen LogP contribution in [0.4, 0.5) is 0 Å². The van der Waals surface area contributed by atoms with Crippen molar-refractivity contribution in [1.82, 2.24) is 4.57 Å². The second-order valence-electron chi connectivity index (χ2n) is 4.11. The Morgan fingerprint density at radius 3 is 3.07 bits per heavy atom. The highest BCUT2D eigenvalue weighted by atomic mass is 79.9. The van der Waals surface area contributed by atoms with Gasteiger partial charge in [0.1, 0.15) is 5.69 Å². The Hall–Kier alpha value is -0.770. The molecule has 2 rings (SSSR count). The molecule has 82 valence electrons. The molecule has 1 fully saturated rings. The van der Waals surface area contributed by atoms with Crippen LogP contribution < -0.4 is 0 Å². The van der Waals surface area contributed by atoms with E-state index < -0.39 is 5.97 Å². The minimum atomic E-state index is -0.845. The molecule has 1 aliphatic carbocycles. The lowest BCUT2D eigenvalue weighted by Crippen LogP contribution is -2.06. The van der Waals surface area contributed by atoms with E-state index in [-0.39, 0.29) is 0 Å². The monoisotopic (exact) mass is 271 g/mol. The first-order chi connectivity index (χ1) is 7.13. The smallest absolute Gasteiger partial charge is 0.352 e. The molecule has 0 radical (unpaired) electrons. The largest absolute Gasteiger partial charge is 0.477 e. The molecule has 1 N–H and O–H groups in total. The van der Waals surface area contributed by atoms with Crippen LogP contribution >= 0.6 is 15.9 Å². The van der Waals surface area contributed by atoms with Gasteiger partial charge in [0, 0.05) is 16.7 Å². The molecule has 15 heavy (non-hydrogen) atoms. The minimum absolute atomic E-state index is 0.394. The van der Waals surface area contributed by atoms with Gasteiger partial charge in [-0.05, 0) is 40.8 Å². The van der Waals surface area contributed by atoms with Crippen LogP contribution in [0.25, 0.3) is 0 Å². The van der Waals surface area contributed by atoms with E-state index in [4.69, 9.17) is 5.11 Å². The Morgan fingerprint density at radius 2 is 2.47 bits per heavy atom. The first-order valence-electron chi connectivity index (χ1n) is 5.24. The Labute approximate surface area is 97.2 Å². The summed E-state index contributed by atoms with van der Waals surface area (Å²) in [5.74, 6) is -0.171. The van der Waals surface area contributed by atoms with Gasteiger partial charge >= 0.3 is 5.97 Å². The normalized spacial score (nSPS) is 24.1. The average molecular weight is 272 g/mol. The van der Waals surface area contributed by atoms with Gasteiger partial charge in [0.25, 0.3) is 0 Å². The van der Waals surface area contributed by atoms with E-state index in [9.17, 15) is 4.79 Å². The molecule has 0 amide bonds. The van der Waals surface area contributed by atoms with Crippen molar-refractivity contribution in [2.75, 3.05) is 0 Å². The molecule has 3 nitrogen and oxygen atoms in total. The second-order valence-corrected chi connectivity index (χ2v) is 5.02. The van der Waals surface area contributed by atoms with E-state index in [2.05, 4.69) is 22.9 Å². The molecule has 2 atom stereocenters. The van der Waals surface area contributed by atoms with Gasteiger partial charge in [-0.1, -0.05) is 13.3 Å². The summed E-state index contributed by atoms with van der Waals surface area (Å²) in [6.45, 7) is 2.17. The van der Waals surface area contributed by atoms with E-state index in [0.717, 1.165) is 10.9 Å². The van der Waals surface area contributed by atoms with Crippen LogP contribution in [0.15, 0.2) is 16.7 Å². The average Bonchev–Trinajstić information content (AvgIpc) is 2.80. The number of nitrogens with zero attached hydrogens (tertiary/aromatic N) is 1. The van der Waals surface area contributed by atoms with Crippen molar-refractivity contribution in [3.05, 3.63) is 22.4 Å². The molecule has 0 saturated heterocycles. The summed E-state index contributed by atoms with van der Waals surface area (Å²) in [6, 6.07) is 2.08. The summed E-state index contributed by atoms with van der Waals surface area (Å²) in [4.78, 5) is 11.0. The second kappa shape index (κ2) is 4.00. The first-order valence-corrected chi connectivity index (χ1v) is 6.03. The Bertz CT molecular complexity index is 386. The Morgan fingerprint density at radius 1 is 1.73 bits per heavy atom. The van der Waals surface area contributed by atoms with Crippen LogP contribution in [0.2, 0.25) is 0 Å². The van der Waals surface area contributed by atoms with Crippen molar-refractivity contribution in [3.63, 3.8) is 0 Å². The van der Waals surface area contributed by atoms with E-state index in [1.807, 2.05) is 10.8 Å². The number of rotatable bonds is 4. The zero-order valence-electron chi connectivity index (χ0n) is 8.61. The number of aromatic carboxylic acids is 1. The number of carboxylic acid groups (broad SMARTS) is 1. The summed E-state index contributed by atoms with van der Waals surface area (Å²) in [7, 11) is 0. The maximum Gasteiger partial charge on any atom is 0.352 e. The molecule has 0 aliphatic heterocycles. The molecule has 1 aromatic heterocycles. The third kappa shape index (κ3) is 2.09. The quantitative estimate of drug-likeness (QED) is 0.913. The molecular weight excluding hydrogens is 258 g/mol. The zero-order chi connectivity index (χ0) is 11.0. The molecule has 0 spiro atoms. The maximum atomic E-state index is 11.0. The molecule has 4 heteroatoms. The van der Waals surface area contributed by atoms with Crippen LogP contribution in [-0.2, 0) is 0 Å². The van der Waals surface area contributed by atoms with E-state index >= 15 is 0 Å². The highest BCUT2D eigenvalue weighted by molar-refractivity contribution is 9.10. The third-order valence-corrected chi connectivity index (χ3v) is 3.37. The van der Waals surface area contributed by atoms with Gasteiger partial charge in [-0.25, -0.2) is 4.79 Å². The molecule has 1 aromatic rings. The van der Waals surface area contributed by atoms with Crippen molar-refractivity contribution < 1.29 is 9.90 Å². The molecule has 1 aliphatic rings. The zero-order valence-corrected chi connectivity index (χ0v) is 10.2. The lowest BCUT2D eigenvalue weighted by atomic mass is 10.2. The van der Waals surface area contributed by atoms with Gasteiger partial charge in [-0.15, -0.1) is 0 Å².